The topological polar surface area (TPSA) is 41.8 Å². The highest BCUT2D eigenvalue weighted by atomic mass is 35.5. The highest BCUT2D eigenvalue weighted by molar-refractivity contribution is 6.31. The number of hydrogen-bond acceptors (Lipinski definition) is 1. The lowest BCUT2D eigenvalue weighted by molar-refractivity contribution is 0.637. The number of halogens is 2. The minimum atomic E-state index is -0.338. The van der Waals surface area contributed by atoms with Crippen LogP contribution in [-0.2, 0) is 6.54 Å². The van der Waals surface area contributed by atoms with Crippen molar-refractivity contribution in [1.82, 2.24) is 4.98 Å². The predicted octanol–water partition coefficient (Wildman–Crippen LogP) is 2.73. The van der Waals surface area contributed by atoms with E-state index in [2.05, 4.69) is 4.98 Å². The van der Waals surface area contributed by atoms with E-state index in [0.717, 1.165) is 16.6 Å². The normalized spacial score (nSPS) is 11.1. The smallest absolute Gasteiger partial charge is 0.148 e. The average molecular weight is 213 g/mol. The SMILES string of the molecule is Cc1[nH]c2c(F)cc(Cl)cc2c1CN. The molecule has 0 bridgehead atoms. The number of aryl methyl sites for hydroxylation is 1. The molecule has 0 atom stereocenters. The largest absolute Gasteiger partial charge is 0.356 e. The maximum absolute atomic E-state index is 13.4. The van der Waals surface area contributed by atoms with Gasteiger partial charge in [-0.2, -0.15) is 0 Å². The Morgan fingerprint density at radius 2 is 2.21 bits per heavy atom. The molecule has 0 amide bonds. The maximum Gasteiger partial charge on any atom is 0.148 e. The summed E-state index contributed by atoms with van der Waals surface area (Å²) in [5, 5.41) is 1.17. The zero-order valence-electron chi connectivity index (χ0n) is 7.70. The van der Waals surface area contributed by atoms with Crippen molar-refractivity contribution in [2.45, 2.75) is 13.5 Å². The summed E-state index contributed by atoms with van der Waals surface area (Å²) in [5.74, 6) is -0.338. The molecule has 2 aromatic rings. The van der Waals surface area contributed by atoms with Gasteiger partial charge in [0.15, 0.2) is 0 Å². The lowest BCUT2D eigenvalue weighted by Crippen LogP contribution is -1.96. The van der Waals surface area contributed by atoms with Crippen LogP contribution in [0.5, 0.6) is 0 Å². The monoisotopic (exact) mass is 212 g/mol. The summed E-state index contributed by atoms with van der Waals surface area (Å²) >= 11 is 5.77. The second-order valence-corrected chi connectivity index (χ2v) is 3.68. The number of fused-ring (bicyclic) bond motifs is 1. The third-order valence-corrected chi connectivity index (χ3v) is 2.57. The number of aromatic amines is 1. The first kappa shape index (κ1) is 9.49. The van der Waals surface area contributed by atoms with Gasteiger partial charge in [0.1, 0.15) is 5.82 Å². The van der Waals surface area contributed by atoms with Gasteiger partial charge in [-0.05, 0) is 24.6 Å². The van der Waals surface area contributed by atoms with E-state index < -0.39 is 0 Å². The van der Waals surface area contributed by atoms with Gasteiger partial charge in [0, 0.05) is 22.6 Å². The predicted molar refractivity (Wildman–Crippen MR) is 55.9 cm³/mol. The summed E-state index contributed by atoms with van der Waals surface area (Å²) in [6.07, 6.45) is 0. The molecule has 0 aliphatic heterocycles. The molecule has 14 heavy (non-hydrogen) atoms. The van der Waals surface area contributed by atoms with Gasteiger partial charge in [0.2, 0.25) is 0 Å². The Labute approximate surface area is 85.9 Å². The van der Waals surface area contributed by atoms with Crippen LogP contribution in [0.1, 0.15) is 11.3 Å². The molecule has 0 aliphatic rings. The van der Waals surface area contributed by atoms with Gasteiger partial charge < -0.3 is 10.7 Å². The number of nitrogens with one attached hydrogen (secondary N) is 1. The summed E-state index contributed by atoms with van der Waals surface area (Å²) in [4.78, 5) is 2.96. The third kappa shape index (κ3) is 1.29. The number of nitrogens with two attached hydrogens (primary N) is 1. The van der Waals surface area contributed by atoms with E-state index in [1.165, 1.54) is 6.07 Å². The van der Waals surface area contributed by atoms with E-state index >= 15 is 0 Å². The van der Waals surface area contributed by atoms with Crippen LogP contribution in [-0.4, -0.2) is 4.98 Å². The molecule has 0 radical (unpaired) electrons. The third-order valence-electron chi connectivity index (χ3n) is 2.35. The van der Waals surface area contributed by atoms with Gasteiger partial charge in [-0.25, -0.2) is 4.39 Å². The second-order valence-electron chi connectivity index (χ2n) is 3.24. The summed E-state index contributed by atoms with van der Waals surface area (Å²) in [6, 6.07) is 3.02. The fraction of sp³-hybridized carbons (Fsp3) is 0.200. The van der Waals surface area contributed by atoms with Crippen LogP contribution >= 0.6 is 11.6 Å². The number of aromatic nitrogens is 1. The first-order valence-electron chi connectivity index (χ1n) is 4.29. The molecule has 3 N–H and O–H groups in total. The van der Waals surface area contributed by atoms with E-state index in [0.29, 0.717) is 17.1 Å². The van der Waals surface area contributed by atoms with Crippen molar-refractivity contribution in [2.75, 3.05) is 0 Å². The molecule has 1 aromatic carbocycles. The van der Waals surface area contributed by atoms with Crippen LogP contribution in [0.4, 0.5) is 4.39 Å². The number of rotatable bonds is 1. The van der Waals surface area contributed by atoms with Crippen LogP contribution in [0, 0.1) is 12.7 Å². The van der Waals surface area contributed by atoms with Crippen molar-refractivity contribution in [3.63, 3.8) is 0 Å². The lowest BCUT2D eigenvalue weighted by atomic mass is 10.1. The van der Waals surface area contributed by atoms with Gasteiger partial charge in [-0.3, -0.25) is 0 Å². The quantitative estimate of drug-likeness (QED) is 0.750. The van der Waals surface area contributed by atoms with Crippen molar-refractivity contribution < 1.29 is 4.39 Å². The van der Waals surface area contributed by atoms with Crippen molar-refractivity contribution in [3.05, 3.63) is 34.2 Å². The molecule has 0 saturated carbocycles. The van der Waals surface area contributed by atoms with Gasteiger partial charge in [-0.1, -0.05) is 11.6 Å². The van der Waals surface area contributed by atoms with Crippen LogP contribution < -0.4 is 5.73 Å². The van der Waals surface area contributed by atoms with Crippen LogP contribution in [0.3, 0.4) is 0 Å². The van der Waals surface area contributed by atoms with Crippen molar-refractivity contribution in [1.29, 1.82) is 0 Å². The summed E-state index contributed by atoms with van der Waals surface area (Å²) < 4.78 is 13.4. The fourth-order valence-corrected chi connectivity index (χ4v) is 1.87. The molecule has 0 fully saturated rings. The molecule has 0 unspecified atom stereocenters. The summed E-state index contributed by atoms with van der Waals surface area (Å²) in [5.41, 5.74) is 7.87. The van der Waals surface area contributed by atoms with E-state index in [1.807, 2.05) is 6.92 Å². The maximum atomic E-state index is 13.4. The molecule has 4 heteroatoms. The molecule has 0 aliphatic carbocycles. The minimum Gasteiger partial charge on any atom is -0.356 e. The highest BCUT2D eigenvalue weighted by Gasteiger charge is 2.11. The van der Waals surface area contributed by atoms with Gasteiger partial charge in [0.25, 0.3) is 0 Å². The van der Waals surface area contributed by atoms with Crippen molar-refractivity contribution >= 4 is 22.5 Å². The van der Waals surface area contributed by atoms with Gasteiger partial charge in [-0.15, -0.1) is 0 Å². The molecule has 1 aromatic heterocycles. The standard InChI is InChI=1S/C10H10ClFN2/c1-5-8(4-13)7-2-6(11)3-9(12)10(7)14-5/h2-3,14H,4,13H2,1H3. The van der Waals surface area contributed by atoms with E-state index in [9.17, 15) is 4.39 Å². The molecule has 0 saturated heterocycles. The first-order valence-corrected chi connectivity index (χ1v) is 4.67. The molecule has 2 rings (SSSR count). The zero-order chi connectivity index (χ0) is 10.3. The van der Waals surface area contributed by atoms with E-state index in [1.54, 1.807) is 6.07 Å². The number of benzene rings is 1. The lowest BCUT2D eigenvalue weighted by Gasteiger charge is -1.97. The second kappa shape index (κ2) is 3.26. The van der Waals surface area contributed by atoms with E-state index in [4.69, 9.17) is 17.3 Å². The zero-order valence-corrected chi connectivity index (χ0v) is 8.45. The Balaban J connectivity index is 2.87. The van der Waals surface area contributed by atoms with Crippen LogP contribution in [0.25, 0.3) is 10.9 Å². The molecule has 1 heterocycles. The van der Waals surface area contributed by atoms with Gasteiger partial charge in [0.05, 0.1) is 5.52 Å². The van der Waals surface area contributed by atoms with Crippen LogP contribution in [0.2, 0.25) is 5.02 Å². The Kier molecular flexibility index (Phi) is 2.21. The Morgan fingerprint density at radius 1 is 1.50 bits per heavy atom. The highest BCUT2D eigenvalue weighted by Crippen LogP contribution is 2.27. The van der Waals surface area contributed by atoms with Gasteiger partial charge >= 0.3 is 0 Å². The Morgan fingerprint density at radius 3 is 2.86 bits per heavy atom. The van der Waals surface area contributed by atoms with Crippen molar-refractivity contribution in [3.8, 4) is 0 Å². The number of hydrogen-bond donors (Lipinski definition) is 2. The Hall–Kier alpha value is -1.06. The Bertz CT molecular complexity index is 490. The molecule has 0 spiro atoms. The van der Waals surface area contributed by atoms with E-state index in [-0.39, 0.29) is 5.82 Å². The fourth-order valence-electron chi connectivity index (χ4n) is 1.67. The molecular formula is C10H10ClFN2. The van der Waals surface area contributed by atoms with Crippen molar-refractivity contribution in [2.24, 2.45) is 5.73 Å². The first-order chi connectivity index (χ1) is 6.63. The molecule has 74 valence electrons. The van der Waals surface area contributed by atoms with Crippen LogP contribution in [0.15, 0.2) is 12.1 Å². The number of H-pyrrole nitrogens is 1. The molecule has 2 nitrogen and oxygen atoms in total. The minimum absolute atomic E-state index is 0.338. The molecular weight excluding hydrogens is 203 g/mol. The average Bonchev–Trinajstić information content (AvgIpc) is 2.41. The summed E-state index contributed by atoms with van der Waals surface area (Å²) in [7, 11) is 0. The summed E-state index contributed by atoms with van der Waals surface area (Å²) in [6.45, 7) is 2.25.